The van der Waals surface area contributed by atoms with Gasteiger partial charge in [0, 0.05) is 17.5 Å². The van der Waals surface area contributed by atoms with Crippen LogP contribution in [0.5, 0.6) is 11.5 Å². The number of benzene rings is 2. The van der Waals surface area contributed by atoms with E-state index in [0.717, 1.165) is 5.56 Å². The van der Waals surface area contributed by atoms with Gasteiger partial charge >= 0.3 is 5.97 Å². The molecule has 0 fully saturated rings. The molecular formula is C23H24N2O6. The summed E-state index contributed by atoms with van der Waals surface area (Å²) in [4.78, 5) is 29.0. The van der Waals surface area contributed by atoms with E-state index in [-0.39, 0.29) is 12.1 Å². The molecule has 162 valence electrons. The summed E-state index contributed by atoms with van der Waals surface area (Å²) >= 11 is 0. The van der Waals surface area contributed by atoms with E-state index in [1.165, 1.54) is 14.2 Å². The third-order valence-corrected chi connectivity index (χ3v) is 4.75. The Hall–Kier alpha value is -3.81. The summed E-state index contributed by atoms with van der Waals surface area (Å²) in [5, 5.41) is 12.2. The minimum atomic E-state index is -1.07. The van der Waals surface area contributed by atoms with Crippen LogP contribution in [0.15, 0.2) is 52.9 Å². The van der Waals surface area contributed by atoms with Gasteiger partial charge in [0.25, 0.3) is 5.91 Å². The molecule has 2 aromatic carbocycles. The number of carbonyl (C=O) groups excluding carboxylic acids is 1. The molecule has 0 bridgehead atoms. The van der Waals surface area contributed by atoms with Gasteiger partial charge in [0.15, 0.2) is 17.2 Å². The molecule has 0 saturated heterocycles. The minimum Gasteiger partial charge on any atom is -0.493 e. The number of carboxylic acid groups (broad SMARTS) is 1. The van der Waals surface area contributed by atoms with Crippen LogP contribution in [-0.2, 0) is 11.2 Å². The van der Waals surface area contributed by atoms with E-state index in [9.17, 15) is 14.7 Å². The average molecular weight is 424 g/mol. The number of hydrogen-bond acceptors (Lipinski definition) is 6. The molecule has 1 heterocycles. The Morgan fingerprint density at radius 1 is 1.10 bits per heavy atom. The molecule has 2 N–H and O–H groups in total. The summed E-state index contributed by atoms with van der Waals surface area (Å²) in [6, 6.07) is 13.5. The first-order valence-corrected chi connectivity index (χ1v) is 9.77. The highest BCUT2D eigenvalue weighted by Gasteiger charge is 2.27. The molecular weight excluding hydrogens is 400 g/mol. The first kappa shape index (κ1) is 21.9. The number of aromatic nitrogens is 1. The third kappa shape index (κ3) is 4.85. The maximum atomic E-state index is 13.1. The van der Waals surface area contributed by atoms with Crippen LogP contribution in [0.3, 0.4) is 0 Å². The standard InChI is InChI=1S/C23H24N2O6/c1-4-17-20(25-23(31-17)14-9-6-5-7-10-14)22(28)24-16(13-19(26)27)15-11-8-12-18(29-2)21(15)30-3/h5-12,16H,4,13H2,1-3H3,(H,24,28)(H,26,27). The molecule has 1 atom stereocenters. The second kappa shape index (κ2) is 9.80. The van der Waals surface area contributed by atoms with Crippen molar-refractivity contribution in [3.63, 3.8) is 0 Å². The summed E-state index contributed by atoms with van der Waals surface area (Å²) < 4.78 is 16.5. The molecule has 1 amide bonds. The Bertz CT molecular complexity index is 1060. The quantitative estimate of drug-likeness (QED) is 0.536. The van der Waals surface area contributed by atoms with Crippen molar-refractivity contribution < 1.29 is 28.6 Å². The number of hydrogen-bond donors (Lipinski definition) is 2. The van der Waals surface area contributed by atoms with Crippen molar-refractivity contribution in [2.24, 2.45) is 0 Å². The summed E-state index contributed by atoms with van der Waals surface area (Å²) in [5.74, 6) is -0.0571. The molecule has 8 nitrogen and oxygen atoms in total. The minimum absolute atomic E-state index is 0.124. The summed E-state index contributed by atoms with van der Waals surface area (Å²) in [7, 11) is 2.94. The second-order valence-corrected chi connectivity index (χ2v) is 6.72. The maximum absolute atomic E-state index is 13.1. The van der Waals surface area contributed by atoms with Crippen LogP contribution in [-0.4, -0.2) is 36.2 Å². The lowest BCUT2D eigenvalue weighted by molar-refractivity contribution is -0.137. The predicted octanol–water partition coefficient (Wildman–Crippen LogP) is 3.87. The number of carbonyl (C=O) groups is 2. The van der Waals surface area contributed by atoms with Gasteiger partial charge in [0.1, 0.15) is 5.76 Å². The number of para-hydroxylation sites is 1. The summed E-state index contributed by atoms with van der Waals surface area (Å²) in [5.41, 5.74) is 1.36. The Labute approximate surface area is 179 Å². The van der Waals surface area contributed by atoms with Crippen molar-refractivity contribution in [1.29, 1.82) is 0 Å². The fraction of sp³-hybridized carbons (Fsp3) is 0.261. The van der Waals surface area contributed by atoms with E-state index in [1.807, 2.05) is 37.3 Å². The van der Waals surface area contributed by atoms with Gasteiger partial charge in [-0.15, -0.1) is 0 Å². The van der Waals surface area contributed by atoms with E-state index in [0.29, 0.717) is 35.1 Å². The SMILES string of the molecule is CCc1oc(-c2ccccc2)nc1C(=O)NC(CC(=O)O)c1cccc(OC)c1OC. The summed E-state index contributed by atoms with van der Waals surface area (Å²) in [6.07, 6.45) is 0.106. The number of methoxy groups -OCH3 is 2. The largest absolute Gasteiger partial charge is 0.493 e. The number of nitrogens with one attached hydrogen (secondary N) is 1. The van der Waals surface area contributed by atoms with Gasteiger partial charge < -0.3 is 24.3 Å². The molecule has 0 saturated carbocycles. The van der Waals surface area contributed by atoms with Crippen molar-refractivity contribution in [2.45, 2.75) is 25.8 Å². The van der Waals surface area contributed by atoms with Gasteiger partial charge in [0.05, 0.1) is 26.7 Å². The molecule has 1 unspecified atom stereocenters. The molecule has 3 rings (SSSR count). The number of rotatable bonds is 9. The monoisotopic (exact) mass is 424 g/mol. The zero-order chi connectivity index (χ0) is 22.4. The topological polar surface area (TPSA) is 111 Å². The van der Waals surface area contributed by atoms with Crippen LogP contribution in [0.4, 0.5) is 0 Å². The van der Waals surface area contributed by atoms with Crippen LogP contribution in [0, 0.1) is 0 Å². The van der Waals surface area contributed by atoms with Crippen molar-refractivity contribution in [3.8, 4) is 23.0 Å². The number of ether oxygens (including phenoxy) is 2. The van der Waals surface area contributed by atoms with Crippen LogP contribution in [0.2, 0.25) is 0 Å². The van der Waals surface area contributed by atoms with E-state index in [2.05, 4.69) is 10.3 Å². The number of carboxylic acids is 1. The number of aryl methyl sites for hydroxylation is 1. The van der Waals surface area contributed by atoms with Gasteiger partial charge in [-0.05, 0) is 18.2 Å². The first-order chi connectivity index (χ1) is 15.0. The van der Waals surface area contributed by atoms with Gasteiger partial charge in [-0.2, -0.15) is 0 Å². The van der Waals surface area contributed by atoms with Gasteiger partial charge in [-0.25, -0.2) is 4.98 Å². The van der Waals surface area contributed by atoms with Gasteiger partial charge in [-0.1, -0.05) is 37.3 Å². The fourth-order valence-corrected chi connectivity index (χ4v) is 3.30. The molecule has 31 heavy (non-hydrogen) atoms. The normalized spacial score (nSPS) is 11.6. The molecule has 8 heteroatoms. The highest BCUT2D eigenvalue weighted by Crippen LogP contribution is 2.36. The third-order valence-electron chi connectivity index (χ3n) is 4.75. The Balaban J connectivity index is 1.96. The smallest absolute Gasteiger partial charge is 0.305 e. The van der Waals surface area contributed by atoms with Crippen molar-refractivity contribution in [1.82, 2.24) is 10.3 Å². The molecule has 0 aliphatic heterocycles. The highest BCUT2D eigenvalue weighted by atomic mass is 16.5. The zero-order valence-electron chi connectivity index (χ0n) is 17.5. The van der Waals surface area contributed by atoms with Crippen molar-refractivity contribution >= 4 is 11.9 Å². The highest BCUT2D eigenvalue weighted by molar-refractivity contribution is 5.94. The van der Waals surface area contributed by atoms with E-state index >= 15 is 0 Å². The van der Waals surface area contributed by atoms with Crippen molar-refractivity contribution in [3.05, 3.63) is 65.5 Å². The predicted molar refractivity (Wildman–Crippen MR) is 113 cm³/mol. The molecule has 0 aliphatic carbocycles. The van der Waals surface area contributed by atoms with E-state index in [4.69, 9.17) is 13.9 Å². The Morgan fingerprint density at radius 2 is 1.84 bits per heavy atom. The van der Waals surface area contributed by atoms with Crippen LogP contribution >= 0.6 is 0 Å². The van der Waals surface area contributed by atoms with Crippen LogP contribution in [0.25, 0.3) is 11.5 Å². The fourth-order valence-electron chi connectivity index (χ4n) is 3.30. The molecule has 0 radical (unpaired) electrons. The molecule has 0 spiro atoms. The summed E-state index contributed by atoms with van der Waals surface area (Å²) in [6.45, 7) is 1.85. The Morgan fingerprint density at radius 3 is 2.45 bits per heavy atom. The van der Waals surface area contributed by atoms with E-state index in [1.54, 1.807) is 18.2 Å². The van der Waals surface area contributed by atoms with Crippen LogP contribution < -0.4 is 14.8 Å². The first-order valence-electron chi connectivity index (χ1n) is 9.77. The Kier molecular flexibility index (Phi) is 6.92. The molecule has 0 aliphatic rings. The maximum Gasteiger partial charge on any atom is 0.305 e. The van der Waals surface area contributed by atoms with Crippen molar-refractivity contribution in [2.75, 3.05) is 14.2 Å². The van der Waals surface area contributed by atoms with Gasteiger partial charge in [0.2, 0.25) is 5.89 Å². The number of aliphatic carboxylic acids is 1. The lowest BCUT2D eigenvalue weighted by Gasteiger charge is -2.21. The molecule has 3 aromatic rings. The zero-order valence-corrected chi connectivity index (χ0v) is 17.5. The second-order valence-electron chi connectivity index (χ2n) is 6.72. The lowest BCUT2D eigenvalue weighted by atomic mass is 10.0. The van der Waals surface area contributed by atoms with E-state index < -0.39 is 17.9 Å². The number of amides is 1. The average Bonchev–Trinajstić information content (AvgIpc) is 3.23. The number of nitrogens with zero attached hydrogens (tertiary/aromatic N) is 1. The lowest BCUT2D eigenvalue weighted by Crippen LogP contribution is -2.31. The van der Waals surface area contributed by atoms with Crippen LogP contribution in [0.1, 0.15) is 41.2 Å². The number of oxazole rings is 1. The van der Waals surface area contributed by atoms with Gasteiger partial charge in [-0.3, -0.25) is 9.59 Å². The molecule has 1 aromatic heterocycles.